The van der Waals surface area contributed by atoms with E-state index < -0.39 is 12.5 Å². The van der Waals surface area contributed by atoms with Crippen LogP contribution >= 0.6 is 11.6 Å². The molecule has 1 saturated heterocycles. The van der Waals surface area contributed by atoms with E-state index in [0.717, 1.165) is 5.69 Å². The molecule has 0 bridgehead atoms. The number of ether oxygens (including phenoxy) is 2. The van der Waals surface area contributed by atoms with Crippen molar-refractivity contribution in [3.8, 4) is 11.5 Å². The van der Waals surface area contributed by atoms with E-state index in [0.29, 0.717) is 30.3 Å². The van der Waals surface area contributed by atoms with E-state index >= 15 is 0 Å². The Morgan fingerprint density at radius 1 is 1.26 bits per heavy atom. The second-order valence-electron chi connectivity index (χ2n) is 6.10. The van der Waals surface area contributed by atoms with Crippen LogP contribution in [0, 0.1) is 0 Å². The number of para-hydroxylation sites is 1. The molecule has 27 heavy (non-hydrogen) atoms. The maximum absolute atomic E-state index is 12.5. The lowest BCUT2D eigenvalue weighted by Crippen LogP contribution is -2.37. The third-order valence-electron chi connectivity index (χ3n) is 4.35. The van der Waals surface area contributed by atoms with Gasteiger partial charge in [-0.15, -0.1) is 0 Å². The van der Waals surface area contributed by atoms with Crippen LogP contribution in [0.25, 0.3) is 0 Å². The summed E-state index contributed by atoms with van der Waals surface area (Å²) in [5.74, 6) is 0.106. The SMILES string of the molecule is COc1ccc(Cl)cc1N1CCC(NC(=O)c2ccccc2OC(F)F)C1. The van der Waals surface area contributed by atoms with Crippen molar-refractivity contribution in [3.63, 3.8) is 0 Å². The van der Waals surface area contributed by atoms with Crippen LogP contribution in [0.1, 0.15) is 16.8 Å². The average molecular weight is 397 g/mol. The number of carbonyl (C=O) groups is 1. The number of rotatable bonds is 6. The number of anilines is 1. The number of amides is 1. The molecule has 0 aromatic heterocycles. The van der Waals surface area contributed by atoms with Gasteiger partial charge in [0.15, 0.2) is 0 Å². The van der Waals surface area contributed by atoms with Gasteiger partial charge < -0.3 is 19.7 Å². The van der Waals surface area contributed by atoms with Crippen molar-refractivity contribution in [1.82, 2.24) is 5.32 Å². The van der Waals surface area contributed by atoms with Crippen LogP contribution in [0.15, 0.2) is 42.5 Å². The van der Waals surface area contributed by atoms with Crippen LogP contribution in [-0.2, 0) is 0 Å². The predicted octanol–water partition coefficient (Wildman–Crippen LogP) is 3.96. The van der Waals surface area contributed by atoms with Gasteiger partial charge in [-0.3, -0.25) is 4.79 Å². The summed E-state index contributed by atoms with van der Waals surface area (Å²) >= 11 is 6.08. The first-order chi connectivity index (χ1) is 13.0. The van der Waals surface area contributed by atoms with Gasteiger partial charge in [-0.05, 0) is 36.8 Å². The molecular weight excluding hydrogens is 378 g/mol. The maximum Gasteiger partial charge on any atom is 0.387 e. The number of methoxy groups -OCH3 is 1. The van der Waals surface area contributed by atoms with Crippen molar-refractivity contribution < 1.29 is 23.0 Å². The highest BCUT2D eigenvalue weighted by Gasteiger charge is 2.27. The summed E-state index contributed by atoms with van der Waals surface area (Å²) in [6.07, 6.45) is 0.708. The minimum absolute atomic E-state index is 0.0802. The zero-order chi connectivity index (χ0) is 19.4. The van der Waals surface area contributed by atoms with Gasteiger partial charge in [0.1, 0.15) is 11.5 Å². The zero-order valence-electron chi connectivity index (χ0n) is 14.6. The predicted molar refractivity (Wildman–Crippen MR) is 99.2 cm³/mol. The van der Waals surface area contributed by atoms with Gasteiger partial charge in [0.05, 0.1) is 18.4 Å². The lowest BCUT2D eigenvalue weighted by Gasteiger charge is -2.22. The molecule has 0 saturated carbocycles. The first kappa shape index (κ1) is 19.2. The molecular formula is C19H19ClF2N2O3. The molecule has 0 spiro atoms. The lowest BCUT2D eigenvalue weighted by atomic mass is 10.1. The molecule has 0 radical (unpaired) electrons. The van der Waals surface area contributed by atoms with Crippen LogP contribution < -0.4 is 19.7 Å². The second kappa shape index (κ2) is 8.43. The minimum Gasteiger partial charge on any atom is -0.495 e. The molecule has 2 aromatic carbocycles. The molecule has 1 aliphatic heterocycles. The molecule has 1 unspecified atom stereocenters. The smallest absolute Gasteiger partial charge is 0.387 e. The number of hydrogen-bond donors (Lipinski definition) is 1. The van der Waals surface area contributed by atoms with E-state index in [1.165, 1.54) is 18.2 Å². The van der Waals surface area contributed by atoms with Gasteiger partial charge in [0.25, 0.3) is 5.91 Å². The first-order valence-corrected chi connectivity index (χ1v) is 8.79. The maximum atomic E-state index is 12.5. The summed E-state index contributed by atoms with van der Waals surface area (Å²) in [6, 6.07) is 11.2. The molecule has 0 aliphatic carbocycles. The van der Waals surface area contributed by atoms with Gasteiger partial charge in [0, 0.05) is 24.2 Å². The molecule has 1 aliphatic rings. The van der Waals surface area contributed by atoms with Gasteiger partial charge in [0.2, 0.25) is 0 Å². The molecule has 2 aromatic rings. The third kappa shape index (κ3) is 4.60. The quantitative estimate of drug-likeness (QED) is 0.803. The Kier molecular flexibility index (Phi) is 6.01. The van der Waals surface area contributed by atoms with Crippen LogP contribution in [0.3, 0.4) is 0 Å². The van der Waals surface area contributed by atoms with Crippen LogP contribution in [-0.4, -0.2) is 38.8 Å². The van der Waals surface area contributed by atoms with Crippen molar-refractivity contribution in [2.24, 2.45) is 0 Å². The number of alkyl halides is 2. The summed E-state index contributed by atoms with van der Waals surface area (Å²) < 4.78 is 34.9. The van der Waals surface area contributed by atoms with Crippen molar-refractivity contribution in [3.05, 3.63) is 53.1 Å². The molecule has 1 fully saturated rings. The Hall–Kier alpha value is -2.54. The van der Waals surface area contributed by atoms with Gasteiger partial charge in [-0.2, -0.15) is 8.78 Å². The van der Waals surface area contributed by atoms with Crippen LogP contribution in [0.4, 0.5) is 14.5 Å². The standard InChI is InChI=1S/C19H19ClF2N2O3/c1-26-17-7-6-12(20)10-15(17)24-9-8-13(11-24)23-18(25)14-4-2-3-5-16(14)27-19(21)22/h2-7,10,13,19H,8-9,11H2,1H3,(H,23,25). The fourth-order valence-electron chi connectivity index (χ4n) is 3.12. The number of nitrogens with one attached hydrogen (secondary N) is 1. The normalized spacial score (nSPS) is 16.5. The van der Waals surface area contributed by atoms with E-state index in [-0.39, 0.29) is 17.4 Å². The average Bonchev–Trinajstić information content (AvgIpc) is 3.10. The first-order valence-electron chi connectivity index (χ1n) is 8.41. The van der Waals surface area contributed by atoms with E-state index in [1.807, 2.05) is 6.07 Å². The second-order valence-corrected chi connectivity index (χ2v) is 6.53. The molecule has 3 rings (SSSR count). The van der Waals surface area contributed by atoms with Crippen LogP contribution in [0.2, 0.25) is 5.02 Å². The monoisotopic (exact) mass is 396 g/mol. The molecule has 1 heterocycles. The van der Waals surface area contributed by atoms with Gasteiger partial charge >= 0.3 is 6.61 Å². The zero-order valence-corrected chi connectivity index (χ0v) is 15.4. The molecule has 1 N–H and O–H groups in total. The molecule has 144 valence electrons. The molecule has 1 amide bonds. The topological polar surface area (TPSA) is 50.8 Å². The molecule has 1 atom stereocenters. The van der Waals surface area contributed by atoms with Crippen molar-refractivity contribution in [1.29, 1.82) is 0 Å². The highest BCUT2D eigenvalue weighted by Crippen LogP contribution is 2.33. The third-order valence-corrected chi connectivity index (χ3v) is 4.59. The summed E-state index contributed by atoms with van der Waals surface area (Å²) in [4.78, 5) is 14.6. The molecule has 5 nitrogen and oxygen atoms in total. The summed E-state index contributed by atoms with van der Waals surface area (Å²) in [7, 11) is 1.59. The van der Waals surface area contributed by atoms with Crippen molar-refractivity contribution >= 4 is 23.2 Å². The Bertz CT molecular complexity index is 819. The number of carbonyl (C=O) groups excluding carboxylic acids is 1. The Balaban J connectivity index is 1.69. The van der Waals surface area contributed by atoms with E-state index in [2.05, 4.69) is 15.0 Å². The number of hydrogen-bond acceptors (Lipinski definition) is 4. The number of halogens is 3. The summed E-state index contributed by atoms with van der Waals surface area (Å²) in [5.41, 5.74) is 0.930. The van der Waals surface area contributed by atoms with E-state index in [9.17, 15) is 13.6 Å². The Morgan fingerprint density at radius 2 is 2.04 bits per heavy atom. The number of benzene rings is 2. The van der Waals surface area contributed by atoms with E-state index in [1.54, 1.807) is 25.3 Å². The van der Waals surface area contributed by atoms with Crippen LogP contribution in [0.5, 0.6) is 11.5 Å². The largest absolute Gasteiger partial charge is 0.495 e. The fourth-order valence-corrected chi connectivity index (χ4v) is 3.29. The highest BCUT2D eigenvalue weighted by molar-refractivity contribution is 6.30. The summed E-state index contributed by atoms with van der Waals surface area (Å²) in [6.45, 7) is -1.73. The Morgan fingerprint density at radius 3 is 2.78 bits per heavy atom. The Labute approximate surface area is 160 Å². The van der Waals surface area contributed by atoms with Gasteiger partial charge in [-0.25, -0.2) is 0 Å². The van der Waals surface area contributed by atoms with Crippen molar-refractivity contribution in [2.75, 3.05) is 25.1 Å². The fraction of sp³-hybridized carbons (Fsp3) is 0.316. The molecule has 8 heteroatoms. The summed E-state index contributed by atoms with van der Waals surface area (Å²) in [5, 5.41) is 3.48. The van der Waals surface area contributed by atoms with Gasteiger partial charge in [-0.1, -0.05) is 23.7 Å². The lowest BCUT2D eigenvalue weighted by molar-refractivity contribution is -0.0501. The number of nitrogens with zero attached hydrogens (tertiary/aromatic N) is 1. The van der Waals surface area contributed by atoms with E-state index in [4.69, 9.17) is 16.3 Å². The van der Waals surface area contributed by atoms with Crippen molar-refractivity contribution in [2.45, 2.75) is 19.1 Å². The minimum atomic E-state index is -2.99. The highest BCUT2D eigenvalue weighted by atomic mass is 35.5.